The van der Waals surface area contributed by atoms with Crippen LogP contribution >= 0.6 is 0 Å². The van der Waals surface area contributed by atoms with Crippen LogP contribution in [0.3, 0.4) is 0 Å². The molecule has 4 heteroatoms. The Balaban J connectivity index is 1.96. The average molecular weight is 348 g/mol. The summed E-state index contributed by atoms with van der Waals surface area (Å²) in [6.07, 6.45) is 1.77. The quantitative estimate of drug-likeness (QED) is 0.468. The number of halogens is 2. The van der Waals surface area contributed by atoms with Crippen LogP contribution in [-0.2, 0) is 6.54 Å². The van der Waals surface area contributed by atoms with E-state index >= 15 is 0 Å². The van der Waals surface area contributed by atoms with Gasteiger partial charge in [-0.3, -0.25) is 4.98 Å². The van der Waals surface area contributed by atoms with Gasteiger partial charge in [0.2, 0.25) is 0 Å². The normalized spacial score (nSPS) is 11.2. The Morgan fingerprint density at radius 3 is 2.58 bits per heavy atom. The number of rotatable bonds is 3. The van der Waals surface area contributed by atoms with Crippen molar-refractivity contribution in [3.63, 3.8) is 0 Å². The van der Waals surface area contributed by atoms with Gasteiger partial charge in [-0.05, 0) is 44.2 Å². The van der Waals surface area contributed by atoms with Crippen LogP contribution in [0, 0.1) is 25.5 Å². The maximum Gasteiger partial charge on any atom is 0.128 e. The Morgan fingerprint density at radius 1 is 0.962 bits per heavy atom. The van der Waals surface area contributed by atoms with Gasteiger partial charge in [0.05, 0.1) is 6.54 Å². The lowest BCUT2D eigenvalue weighted by Gasteiger charge is -2.11. The van der Waals surface area contributed by atoms with E-state index in [1.165, 1.54) is 12.1 Å². The van der Waals surface area contributed by atoms with Crippen LogP contribution in [0.5, 0.6) is 0 Å². The summed E-state index contributed by atoms with van der Waals surface area (Å²) in [4.78, 5) is 4.40. The van der Waals surface area contributed by atoms with Crippen molar-refractivity contribution >= 4 is 10.9 Å². The van der Waals surface area contributed by atoms with Crippen molar-refractivity contribution in [2.24, 2.45) is 0 Å². The van der Waals surface area contributed by atoms with Gasteiger partial charge in [-0.1, -0.05) is 24.3 Å². The standard InChI is InChI=1S/C22H18F2N2/c1-14-18(7-5-11-25-14)22-15(2)26(21-8-4-3-6-19(21)22)13-16-12-17(23)9-10-20(16)24/h3-12H,13H2,1-2H3. The molecule has 2 aromatic heterocycles. The van der Waals surface area contributed by atoms with Crippen LogP contribution in [0.4, 0.5) is 8.78 Å². The second-order valence-corrected chi connectivity index (χ2v) is 6.44. The number of para-hydroxylation sites is 1. The number of nitrogens with zero attached hydrogens (tertiary/aromatic N) is 2. The Labute approximate surface area is 150 Å². The first kappa shape index (κ1) is 16.5. The predicted octanol–water partition coefficient (Wildman–Crippen LogP) is 5.65. The first-order valence-electron chi connectivity index (χ1n) is 8.50. The topological polar surface area (TPSA) is 17.8 Å². The van der Waals surface area contributed by atoms with Gasteiger partial charge in [-0.25, -0.2) is 8.78 Å². The third kappa shape index (κ3) is 2.68. The maximum absolute atomic E-state index is 14.2. The molecule has 0 atom stereocenters. The highest BCUT2D eigenvalue weighted by molar-refractivity contribution is 5.98. The van der Waals surface area contributed by atoms with E-state index in [4.69, 9.17) is 0 Å². The highest BCUT2D eigenvalue weighted by Crippen LogP contribution is 2.36. The van der Waals surface area contributed by atoms with Gasteiger partial charge in [0.1, 0.15) is 11.6 Å². The van der Waals surface area contributed by atoms with Gasteiger partial charge in [-0.15, -0.1) is 0 Å². The van der Waals surface area contributed by atoms with E-state index in [1.807, 2.05) is 48.7 Å². The molecule has 0 fully saturated rings. The van der Waals surface area contributed by atoms with Crippen molar-refractivity contribution in [2.45, 2.75) is 20.4 Å². The molecule has 0 aliphatic rings. The molecule has 0 N–H and O–H groups in total. The maximum atomic E-state index is 14.2. The van der Waals surface area contributed by atoms with Crippen LogP contribution in [0.2, 0.25) is 0 Å². The molecule has 0 unspecified atom stereocenters. The average Bonchev–Trinajstić information content (AvgIpc) is 2.91. The summed E-state index contributed by atoms with van der Waals surface area (Å²) in [7, 11) is 0. The van der Waals surface area contributed by atoms with E-state index in [0.29, 0.717) is 5.56 Å². The minimum atomic E-state index is -0.432. The van der Waals surface area contributed by atoms with Crippen LogP contribution < -0.4 is 0 Å². The first-order valence-corrected chi connectivity index (χ1v) is 8.50. The summed E-state index contributed by atoms with van der Waals surface area (Å²) < 4.78 is 29.8. The van der Waals surface area contributed by atoms with Crippen molar-refractivity contribution in [1.82, 2.24) is 9.55 Å². The van der Waals surface area contributed by atoms with Gasteiger partial charge >= 0.3 is 0 Å². The predicted molar refractivity (Wildman–Crippen MR) is 100 cm³/mol. The molecule has 0 saturated carbocycles. The summed E-state index contributed by atoms with van der Waals surface area (Å²) in [5.74, 6) is -0.832. The summed E-state index contributed by atoms with van der Waals surface area (Å²) in [6.45, 7) is 4.27. The van der Waals surface area contributed by atoms with E-state index in [0.717, 1.165) is 39.5 Å². The third-order valence-corrected chi connectivity index (χ3v) is 4.84. The Bertz CT molecular complexity index is 1110. The van der Waals surface area contributed by atoms with Gasteiger partial charge < -0.3 is 4.57 Å². The molecule has 2 aromatic carbocycles. The second kappa shape index (κ2) is 6.37. The minimum absolute atomic E-state index is 0.273. The van der Waals surface area contributed by atoms with E-state index in [2.05, 4.69) is 11.1 Å². The summed E-state index contributed by atoms with van der Waals surface area (Å²) in [6, 6.07) is 15.6. The highest BCUT2D eigenvalue weighted by Gasteiger charge is 2.18. The van der Waals surface area contributed by atoms with Crippen molar-refractivity contribution in [1.29, 1.82) is 0 Å². The lowest BCUT2D eigenvalue weighted by Crippen LogP contribution is -2.04. The summed E-state index contributed by atoms with van der Waals surface area (Å²) in [5.41, 5.74) is 5.42. The van der Waals surface area contributed by atoms with Crippen molar-refractivity contribution in [3.05, 3.63) is 89.4 Å². The van der Waals surface area contributed by atoms with Gasteiger partial charge in [0.15, 0.2) is 0 Å². The zero-order valence-electron chi connectivity index (χ0n) is 14.6. The van der Waals surface area contributed by atoms with E-state index in [-0.39, 0.29) is 6.54 Å². The fourth-order valence-corrected chi connectivity index (χ4v) is 3.56. The molecule has 2 heterocycles. The molecule has 2 nitrogen and oxygen atoms in total. The zero-order chi connectivity index (χ0) is 18.3. The Morgan fingerprint density at radius 2 is 1.77 bits per heavy atom. The Hall–Kier alpha value is -3.01. The van der Waals surface area contributed by atoms with Crippen LogP contribution in [0.1, 0.15) is 17.0 Å². The van der Waals surface area contributed by atoms with E-state index < -0.39 is 11.6 Å². The number of hydrogen-bond acceptors (Lipinski definition) is 1. The summed E-state index contributed by atoms with van der Waals surface area (Å²) in [5, 5.41) is 1.08. The number of aryl methyl sites for hydroxylation is 1. The van der Waals surface area contributed by atoms with Crippen LogP contribution in [-0.4, -0.2) is 9.55 Å². The summed E-state index contributed by atoms with van der Waals surface area (Å²) >= 11 is 0. The fourth-order valence-electron chi connectivity index (χ4n) is 3.56. The lowest BCUT2D eigenvalue weighted by molar-refractivity contribution is 0.578. The molecule has 0 radical (unpaired) electrons. The Kier molecular flexibility index (Phi) is 4.03. The van der Waals surface area contributed by atoms with Crippen molar-refractivity contribution in [3.8, 4) is 11.1 Å². The molecule has 0 saturated heterocycles. The van der Waals surface area contributed by atoms with E-state index in [1.54, 1.807) is 6.20 Å². The second-order valence-electron chi connectivity index (χ2n) is 6.44. The van der Waals surface area contributed by atoms with Gasteiger partial charge in [0, 0.05) is 45.2 Å². The molecular formula is C22H18F2N2. The minimum Gasteiger partial charge on any atom is -0.340 e. The zero-order valence-corrected chi connectivity index (χ0v) is 14.6. The highest BCUT2D eigenvalue weighted by atomic mass is 19.1. The van der Waals surface area contributed by atoms with Crippen molar-refractivity contribution in [2.75, 3.05) is 0 Å². The molecule has 0 aliphatic heterocycles. The van der Waals surface area contributed by atoms with Gasteiger partial charge in [0.25, 0.3) is 0 Å². The molecule has 4 aromatic rings. The largest absolute Gasteiger partial charge is 0.340 e. The SMILES string of the molecule is Cc1ncccc1-c1c(C)n(Cc2cc(F)ccc2F)c2ccccc12. The van der Waals surface area contributed by atoms with Crippen LogP contribution in [0.25, 0.3) is 22.0 Å². The number of aromatic nitrogens is 2. The molecule has 0 spiro atoms. The third-order valence-electron chi connectivity index (χ3n) is 4.84. The fraction of sp³-hybridized carbons (Fsp3) is 0.136. The molecule has 0 aliphatic carbocycles. The number of hydrogen-bond donors (Lipinski definition) is 0. The molecule has 0 amide bonds. The lowest BCUT2D eigenvalue weighted by atomic mass is 10.0. The number of benzene rings is 2. The smallest absolute Gasteiger partial charge is 0.128 e. The van der Waals surface area contributed by atoms with Gasteiger partial charge in [-0.2, -0.15) is 0 Å². The molecular weight excluding hydrogens is 330 g/mol. The molecule has 0 bridgehead atoms. The monoisotopic (exact) mass is 348 g/mol. The van der Waals surface area contributed by atoms with Crippen LogP contribution in [0.15, 0.2) is 60.8 Å². The molecule has 26 heavy (non-hydrogen) atoms. The molecule has 130 valence electrons. The van der Waals surface area contributed by atoms with Crippen molar-refractivity contribution < 1.29 is 8.78 Å². The van der Waals surface area contributed by atoms with E-state index in [9.17, 15) is 8.78 Å². The first-order chi connectivity index (χ1) is 12.6. The molecule has 4 rings (SSSR count). The number of fused-ring (bicyclic) bond motifs is 1. The number of pyridine rings is 1.